The molecule has 0 saturated heterocycles. The molecule has 0 amide bonds. The van der Waals surface area contributed by atoms with E-state index in [1.54, 1.807) is 18.1 Å². The summed E-state index contributed by atoms with van der Waals surface area (Å²) in [6, 6.07) is 55.8. The third-order valence-corrected chi connectivity index (χ3v) is 17.8. The smallest absolute Gasteiger partial charge is 0.120 e. The van der Waals surface area contributed by atoms with E-state index in [0.717, 1.165) is 55.3 Å². The maximum Gasteiger partial charge on any atom is 0.120 e. The number of rotatable bonds is 12. The van der Waals surface area contributed by atoms with Gasteiger partial charge in [0.25, 0.3) is 0 Å². The lowest BCUT2D eigenvalue weighted by Crippen LogP contribution is -2.44. The highest BCUT2D eigenvalue weighted by molar-refractivity contribution is 6.43. The summed E-state index contributed by atoms with van der Waals surface area (Å²) in [6.45, 7) is 9.45. The van der Waals surface area contributed by atoms with Crippen molar-refractivity contribution in [2.75, 3.05) is 0 Å². The molecular formula is C66H74Cl2O4. The molecule has 6 aromatic rings. The Morgan fingerprint density at radius 1 is 0.500 bits per heavy atom. The number of allylic oxidation sites excluding steroid dienone is 2. The van der Waals surface area contributed by atoms with Crippen LogP contribution in [0, 0.1) is 34.5 Å². The number of halogens is 2. The predicted molar refractivity (Wildman–Crippen MR) is 295 cm³/mol. The van der Waals surface area contributed by atoms with Crippen LogP contribution in [0.1, 0.15) is 129 Å². The van der Waals surface area contributed by atoms with Gasteiger partial charge in [-0.05, 0) is 187 Å². The van der Waals surface area contributed by atoms with Crippen molar-refractivity contribution in [1.29, 1.82) is 0 Å². The van der Waals surface area contributed by atoms with Crippen LogP contribution in [0.2, 0.25) is 0 Å². The van der Waals surface area contributed by atoms with Crippen molar-refractivity contribution in [3.05, 3.63) is 208 Å². The lowest BCUT2D eigenvalue weighted by Gasteiger charge is -2.50. The summed E-state index contributed by atoms with van der Waals surface area (Å²) in [6.07, 6.45) is 16.9. The summed E-state index contributed by atoms with van der Waals surface area (Å²) >= 11 is 10.1. The first-order chi connectivity index (χ1) is 35.1. The van der Waals surface area contributed by atoms with Gasteiger partial charge in [0, 0.05) is 5.41 Å². The number of hydrogen-bond donors (Lipinski definition) is 0. The highest BCUT2D eigenvalue weighted by Crippen LogP contribution is 2.62. The summed E-state index contributed by atoms with van der Waals surface area (Å²) in [5.74, 6) is 5.66. The molecule has 0 radical (unpaired) electrons. The second kappa shape index (κ2) is 23.1. The molecule has 6 aromatic carbocycles. The first-order valence-electron chi connectivity index (χ1n) is 27.0. The van der Waals surface area contributed by atoms with Crippen LogP contribution in [0.15, 0.2) is 164 Å². The highest BCUT2D eigenvalue weighted by atomic mass is 35.5. The Labute approximate surface area is 440 Å². The molecule has 5 unspecified atom stereocenters. The van der Waals surface area contributed by atoms with Crippen LogP contribution in [-0.4, -0.2) is 17.0 Å². The SMILES string of the molecule is CC(Cl)Cl.C[C@]12CC=C3c4ccc(OCc5ccccc5)cc4CCC3C1CC[C@@H]2OCc1ccccc1.C[C@]12CCC3c4ccc(OCc5ccccc5)cc4CCC3C1CC[C@@H]2OCc1ccccc1. The zero-order valence-corrected chi connectivity index (χ0v) is 44.2. The van der Waals surface area contributed by atoms with Crippen LogP contribution in [0.4, 0.5) is 0 Å². The van der Waals surface area contributed by atoms with Gasteiger partial charge in [0.1, 0.15) is 29.5 Å². The monoisotopic (exact) mass is 1000 g/mol. The molecule has 0 heterocycles. The molecule has 3 saturated carbocycles. The van der Waals surface area contributed by atoms with Crippen molar-refractivity contribution in [2.45, 2.75) is 141 Å². The van der Waals surface area contributed by atoms with E-state index in [0.29, 0.717) is 42.7 Å². The van der Waals surface area contributed by atoms with Gasteiger partial charge >= 0.3 is 0 Å². The fraction of sp³-hybridized carbons (Fsp3) is 0.424. The van der Waals surface area contributed by atoms with E-state index in [4.69, 9.17) is 42.1 Å². The molecule has 4 nitrogen and oxygen atoms in total. The molecule has 72 heavy (non-hydrogen) atoms. The molecule has 6 aliphatic carbocycles. The molecule has 9 atom stereocenters. The second-order valence-corrected chi connectivity index (χ2v) is 23.6. The Hall–Kier alpha value is -4.84. The van der Waals surface area contributed by atoms with E-state index in [2.05, 4.69) is 172 Å². The van der Waals surface area contributed by atoms with E-state index < -0.39 is 0 Å². The summed E-state index contributed by atoms with van der Waals surface area (Å²) in [7, 11) is 0. The van der Waals surface area contributed by atoms with Crippen LogP contribution in [0.3, 0.4) is 0 Å². The average Bonchev–Trinajstić information content (AvgIpc) is 3.94. The normalized spacial score (nSPS) is 27.4. The number of hydrogen-bond acceptors (Lipinski definition) is 4. The summed E-state index contributed by atoms with van der Waals surface area (Å²) in [4.78, 5) is -0.222. The molecule has 6 heteroatoms. The maximum atomic E-state index is 6.57. The van der Waals surface area contributed by atoms with Gasteiger partial charge in [-0.3, -0.25) is 0 Å². The van der Waals surface area contributed by atoms with Crippen LogP contribution < -0.4 is 9.47 Å². The lowest BCUT2D eigenvalue weighted by atomic mass is 9.55. The number of alkyl halides is 2. The minimum Gasteiger partial charge on any atom is -0.489 e. The van der Waals surface area contributed by atoms with Crippen LogP contribution in [-0.2, 0) is 48.7 Å². The fourth-order valence-electron chi connectivity index (χ4n) is 14.2. The largest absolute Gasteiger partial charge is 0.489 e. The molecule has 376 valence electrons. The van der Waals surface area contributed by atoms with Crippen LogP contribution in [0.25, 0.3) is 5.57 Å². The van der Waals surface area contributed by atoms with Gasteiger partial charge < -0.3 is 18.9 Å². The average molecular weight is 1000 g/mol. The Bertz CT molecular complexity index is 2710. The summed E-state index contributed by atoms with van der Waals surface area (Å²) in [5, 5.41) is 0. The van der Waals surface area contributed by atoms with Gasteiger partial charge in [0.15, 0.2) is 0 Å². The van der Waals surface area contributed by atoms with E-state index in [-0.39, 0.29) is 10.3 Å². The molecule has 0 N–H and O–H groups in total. The topological polar surface area (TPSA) is 36.9 Å². The quantitative estimate of drug-likeness (QED) is 0.115. The standard InChI is InChI=1S/C32H36O2.C32H34O2.C2H4Cl2/c2*1-32-19-18-28-27-15-13-26(33-21-23-8-4-2-5-9-23)20-25(27)12-14-29(28)30(32)16-17-31(32)34-22-24-10-6-3-7-11-24;1-2(3)4/h2-11,13,15,20,28-31H,12,14,16-19,21-22H2,1H3;2-11,13,15,18,20,29-31H,12,14,16-17,19,21-22H2,1H3;2H,1H3/t28?,29?,30?,31-,32-;29?,30?,31-,32-;/m00./s1. The Morgan fingerprint density at radius 2 is 0.986 bits per heavy atom. The summed E-state index contributed by atoms with van der Waals surface area (Å²) in [5.41, 5.74) is 13.2. The van der Waals surface area contributed by atoms with Crippen molar-refractivity contribution < 1.29 is 18.9 Å². The Kier molecular flexibility index (Phi) is 16.3. The van der Waals surface area contributed by atoms with Gasteiger partial charge in [0.05, 0.1) is 25.4 Å². The van der Waals surface area contributed by atoms with Gasteiger partial charge in [-0.25, -0.2) is 0 Å². The van der Waals surface area contributed by atoms with Crippen LogP contribution >= 0.6 is 23.2 Å². The number of ether oxygens (including phenoxy) is 4. The van der Waals surface area contributed by atoms with E-state index in [1.807, 2.05) is 6.07 Å². The first kappa shape index (κ1) is 50.7. The molecule has 0 aromatic heterocycles. The van der Waals surface area contributed by atoms with Gasteiger partial charge in [-0.15, -0.1) is 23.2 Å². The van der Waals surface area contributed by atoms with Crippen molar-refractivity contribution in [3.63, 3.8) is 0 Å². The molecule has 12 rings (SSSR count). The van der Waals surface area contributed by atoms with Gasteiger partial charge in [-0.2, -0.15) is 0 Å². The third kappa shape index (κ3) is 11.4. The molecule has 0 aliphatic heterocycles. The van der Waals surface area contributed by atoms with E-state index in [1.165, 1.54) is 96.7 Å². The van der Waals surface area contributed by atoms with Crippen molar-refractivity contribution >= 4 is 28.8 Å². The van der Waals surface area contributed by atoms with Crippen molar-refractivity contribution in [1.82, 2.24) is 0 Å². The second-order valence-electron chi connectivity index (χ2n) is 22.1. The number of benzene rings is 6. The zero-order chi connectivity index (χ0) is 49.5. The minimum absolute atomic E-state index is 0.222. The van der Waals surface area contributed by atoms with E-state index in [9.17, 15) is 0 Å². The minimum atomic E-state index is -0.222. The fourth-order valence-corrected chi connectivity index (χ4v) is 14.2. The number of aryl methyl sites for hydroxylation is 2. The number of fused-ring (bicyclic) bond motifs is 10. The van der Waals surface area contributed by atoms with Gasteiger partial charge in [-0.1, -0.05) is 153 Å². The Balaban J connectivity index is 0.000000154. The lowest BCUT2D eigenvalue weighted by molar-refractivity contribution is -0.0707. The predicted octanol–water partition coefficient (Wildman–Crippen LogP) is 17.1. The first-order valence-corrected chi connectivity index (χ1v) is 27.9. The Morgan fingerprint density at radius 3 is 1.56 bits per heavy atom. The molecule has 6 aliphatic rings. The van der Waals surface area contributed by atoms with E-state index >= 15 is 0 Å². The zero-order valence-electron chi connectivity index (χ0n) is 42.7. The molecular weight excluding hydrogens is 928 g/mol. The molecule has 3 fully saturated rings. The molecule has 0 spiro atoms. The summed E-state index contributed by atoms with van der Waals surface area (Å²) < 4.78 is 25.4. The van der Waals surface area contributed by atoms with Crippen LogP contribution in [0.5, 0.6) is 11.5 Å². The van der Waals surface area contributed by atoms with Crippen molar-refractivity contribution in [3.8, 4) is 11.5 Å². The molecule has 0 bridgehead atoms. The van der Waals surface area contributed by atoms with Gasteiger partial charge in [0.2, 0.25) is 0 Å². The maximum absolute atomic E-state index is 6.57. The van der Waals surface area contributed by atoms with Crippen molar-refractivity contribution in [2.24, 2.45) is 34.5 Å². The third-order valence-electron chi connectivity index (χ3n) is 17.8. The highest BCUT2D eigenvalue weighted by Gasteiger charge is 2.56.